The lowest BCUT2D eigenvalue weighted by Gasteiger charge is -2.41. The van der Waals surface area contributed by atoms with Crippen LogP contribution in [0.4, 0.5) is 0 Å². The normalized spacial score (nSPS) is 39.0. The minimum Gasteiger partial charge on any atom is -1.00 e. The number of hydrogen-bond acceptors (Lipinski definition) is 0. The van der Waals surface area contributed by atoms with Crippen molar-refractivity contribution in [2.75, 3.05) is 14.1 Å². The van der Waals surface area contributed by atoms with E-state index in [0.29, 0.717) is 10.8 Å². The maximum absolute atomic E-state index is 2.51. The second kappa shape index (κ2) is 5.13. The molecule has 0 saturated heterocycles. The minimum atomic E-state index is 0. The molecule has 0 aromatic rings. The molecule has 4 atom stereocenters. The summed E-state index contributed by atoms with van der Waals surface area (Å²) >= 11 is 0. The molecule has 1 nitrogen and oxygen atoms in total. The summed E-state index contributed by atoms with van der Waals surface area (Å²) in [6.07, 6.45) is 5.61. The largest absolute Gasteiger partial charge is 1.00 e. The number of nitrogens with zero attached hydrogens (tertiary/aromatic N) is 1. The van der Waals surface area contributed by atoms with Gasteiger partial charge in [-0.1, -0.05) is 41.5 Å². The second-order valence-electron chi connectivity index (χ2n) is 10.6. The quantitative estimate of drug-likeness (QED) is 0.672. The van der Waals surface area contributed by atoms with Crippen LogP contribution in [0.5, 0.6) is 0 Å². The zero-order valence-corrected chi connectivity index (χ0v) is 17.7. The first-order valence-electron chi connectivity index (χ1n) is 9.86. The molecule has 0 heterocycles. The Morgan fingerprint density at radius 2 is 1.04 bits per heavy atom. The summed E-state index contributed by atoms with van der Waals surface area (Å²) in [5.74, 6) is 3.25. The first-order valence-corrected chi connectivity index (χ1v) is 9.86. The summed E-state index contributed by atoms with van der Waals surface area (Å²) in [6, 6.07) is 0. The molecular formula is C22H36ClN. The molecule has 136 valence electrons. The molecule has 2 saturated carbocycles. The van der Waals surface area contributed by atoms with E-state index >= 15 is 0 Å². The van der Waals surface area contributed by atoms with Gasteiger partial charge < -0.3 is 12.4 Å². The number of rotatable bonds is 2. The lowest BCUT2D eigenvalue weighted by molar-refractivity contribution is -0.822. The fourth-order valence-corrected chi connectivity index (χ4v) is 6.78. The van der Waals surface area contributed by atoms with Crippen LogP contribution in [0.15, 0.2) is 22.5 Å². The Bertz CT molecular complexity index is 580. The molecule has 24 heavy (non-hydrogen) atoms. The van der Waals surface area contributed by atoms with E-state index in [1.165, 1.54) is 25.7 Å². The maximum Gasteiger partial charge on any atom is 0.116 e. The van der Waals surface area contributed by atoms with Crippen LogP contribution in [0.3, 0.4) is 0 Å². The Morgan fingerprint density at radius 1 is 0.708 bits per heavy atom. The highest BCUT2D eigenvalue weighted by Crippen LogP contribution is 2.69. The van der Waals surface area contributed by atoms with E-state index in [1.807, 2.05) is 11.1 Å². The summed E-state index contributed by atoms with van der Waals surface area (Å²) < 4.78 is 1.08. The first kappa shape index (κ1) is 18.5. The lowest BCUT2D eigenvalue weighted by atomic mass is 9.87. The Hall–Kier alpha value is -0.270. The molecule has 0 N–H and O–H groups in total. The van der Waals surface area contributed by atoms with Crippen molar-refractivity contribution in [3.8, 4) is 0 Å². The Balaban J connectivity index is 0.00000169. The van der Waals surface area contributed by atoms with Crippen LogP contribution >= 0.6 is 0 Å². The topological polar surface area (TPSA) is 0 Å². The van der Waals surface area contributed by atoms with Gasteiger partial charge in [0.15, 0.2) is 0 Å². The van der Waals surface area contributed by atoms with E-state index in [4.69, 9.17) is 0 Å². The fraction of sp³-hybridized carbons (Fsp3) is 0.818. The van der Waals surface area contributed by atoms with Crippen LogP contribution in [0, 0.1) is 34.5 Å². The van der Waals surface area contributed by atoms with Crippen molar-refractivity contribution in [2.24, 2.45) is 34.5 Å². The number of hydrogen-bond donors (Lipinski definition) is 0. The van der Waals surface area contributed by atoms with Crippen LogP contribution in [-0.4, -0.2) is 18.6 Å². The molecule has 4 aliphatic carbocycles. The average Bonchev–Trinajstić information content (AvgIpc) is 3.19. The SMILES string of the molecule is CC1CCC2C(=C1[N+](C)(C)C1=C3C(CCC1C)C3(C)C)C2(C)C.[Cl-]. The Morgan fingerprint density at radius 3 is 1.38 bits per heavy atom. The van der Waals surface area contributed by atoms with E-state index < -0.39 is 0 Å². The van der Waals surface area contributed by atoms with Gasteiger partial charge in [-0.15, -0.1) is 0 Å². The first-order chi connectivity index (χ1) is 10.5. The molecular weight excluding hydrogens is 314 g/mol. The molecule has 0 radical (unpaired) electrons. The number of quaternary nitrogens is 1. The third kappa shape index (κ3) is 2.16. The van der Waals surface area contributed by atoms with Crippen LogP contribution in [-0.2, 0) is 0 Å². The van der Waals surface area contributed by atoms with Crippen molar-refractivity contribution < 1.29 is 16.9 Å². The summed E-state index contributed by atoms with van der Waals surface area (Å²) in [5, 5.41) is 0. The van der Waals surface area contributed by atoms with E-state index in [1.54, 1.807) is 11.4 Å². The van der Waals surface area contributed by atoms with Crippen molar-refractivity contribution in [3.05, 3.63) is 22.5 Å². The van der Waals surface area contributed by atoms with Crippen molar-refractivity contribution >= 4 is 0 Å². The van der Waals surface area contributed by atoms with E-state index in [2.05, 4.69) is 55.6 Å². The molecule has 4 unspecified atom stereocenters. The molecule has 0 spiro atoms. The Labute approximate surface area is 155 Å². The summed E-state index contributed by atoms with van der Waals surface area (Å²) in [4.78, 5) is 0. The molecule has 0 amide bonds. The van der Waals surface area contributed by atoms with Crippen LogP contribution in [0.1, 0.15) is 67.2 Å². The minimum absolute atomic E-state index is 0. The highest BCUT2D eigenvalue weighted by Gasteiger charge is 2.63. The van der Waals surface area contributed by atoms with Gasteiger partial charge >= 0.3 is 0 Å². The highest BCUT2D eigenvalue weighted by atomic mass is 35.5. The number of halogens is 1. The van der Waals surface area contributed by atoms with E-state index in [-0.39, 0.29) is 12.4 Å². The third-order valence-electron chi connectivity index (χ3n) is 8.13. The molecule has 0 aliphatic heterocycles. The lowest BCUT2D eigenvalue weighted by Crippen LogP contribution is -3.00. The number of fused-ring (bicyclic) bond motifs is 2. The van der Waals surface area contributed by atoms with Crippen LogP contribution in [0.25, 0.3) is 0 Å². The molecule has 2 fully saturated rings. The summed E-state index contributed by atoms with van der Waals surface area (Å²) in [7, 11) is 5.01. The summed E-state index contributed by atoms with van der Waals surface area (Å²) in [5.41, 5.74) is 8.14. The smallest absolute Gasteiger partial charge is 0.116 e. The standard InChI is InChI=1S/C22H36N.ClH/c1-13-9-11-15-17(21(15,3)4)19(13)23(7,8)20-14(2)10-12-16-18(20)22(16,5)6;/h13-16H,9-12H2,1-8H3;1H/q+1;/p-1. The van der Waals surface area contributed by atoms with Crippen molar-refractivity contribution in [1.29, 1.82) is 0 Å². The van der Waals surface area contributed by atoms with Gasteiger partial charge in [-0.3, -0.25) is 4.48 Å². The zero-order valence-electron chi connectivity index (χ0n) is 17.0. The molecule has 0 aromatic carbocycles. The third-order valence-corrected chi connectivity index (χ3v) is 8.13. The molecule has 0 bridgehead atoms. The van der Waals surface area contributed by atoms with Gasteiger partial charge in [-0.2, -0.15) is 0 Å². The van der Waals surface area contributed by atoms with Gasteiger partial charge in [0.1, 0.15) is 11.4 Å². The Kier molecular flexibility index (Phi) is 3.96. The van der Waals surface area contributed by atoms with Crippen LogP contribution in [0.2, 0.25) is 0 Å². The second-order valence-corrected chi connectivity index (χ2v) is 10.6. The van der Waals surface area contributed by atoms with E-state index in [0.717, 1.165) is 28.2 Å². The highest BCUT2D eigenvalue weighted by molar-refractivity contribution is 5.44. The van der Waals surface area contributed by atoms with Crippen molar-refractivity contribution in [3.63, 3.8) is 0 Å². The van der Waals surface area contributed by atoms with Gasteiger partial charge in [0.25, 0.3) is 0 Å². The maximum atomic E-state index is 2.51. The average molecular weight is 350 g/mol. The predicted octanol–water partition coefficient (Wildman–Crippen LogP) is 2.75. The van der Waals surface area contributed by atoms with Gasteiger partial charge in [-0.25, -0.2) is 0 Å². The monoisotopic (exact) mass is 349 g/mol. The van der Waals surface area contributed by atoms with Gasteiger partial charge in [0.2, 0.25) is 0 Å². The van der Waals surface area contributed by atoms with Crippen molar-refractivity contribution in [2.45, 2.75) is 67.2 Å². The molecule has 4 rings (SSSR count). The van der Waals surface area contributed by atoms with Crippen LogP contribution < -0.4 is 12.4 Å². The predicted molar refractivity (Wildman–Crippen MR) is 97.5 cm³/mol. The van der Waals surface area contributed by atoms with E-state index in [9.17, 15) is 0 Å². The number of allylic oxidation sites excluding steroid dienone is 4. The fourth-order valence-electron chi connectivity index (χ4n) is 6.78. The molecule has 2 heteroatoms. The zero-order chi connectivity index (χ0) is 16.9. The van der Waals surface area contributed by atoms with Gasteiger partial charge in [-0.05, 0) is 59.5 Å². The molecule has 4 aliphatic rings. The molecule has 0 aromatic heterocycles. The van der Waals surface area contributed by atoms with Gasteiger partial charge in [0.05, 0.1) is 14.1 Å². The van der Waals surface area contributed by atoms with Crippen molar-refractivity contribution in [1.82, 2.24) is 0 Å². The summed E-state index contributed by atoms with van der Waals surface area (Å²) in [6.45, 7) is 14.9. The van der Waals surface area contributed by atoms with Gasteiger partial charge in [0, 0.05) is 11.8 Å².